The van der Waals surface area contributed by atoms with Crippen LogP contribution in [0.15, 0.2) is 12.1 Å². The third kappa shape index (κ3) is 5.77. The molecule has 1 heterocycles. The smallest absolute Gasteiger partial charge is 0.338 e. The summed E-state index contributed by atoms with van der Waals surface area (Å²) in [5.41, 5.74) is 5.56. The molecule has 1 aliphatic rings. The van der Waals surface area contributed by atoms with Crippen molar-refractivity contribution < 1.29 is 33.3 Å². The highest BCUT2D eigenvalue weighted by Crippen LogP contribution is 2.39. The Morgan fingerprint density at radius 1 is 1.00 bits per heavy atom. The number of piperidine rings is 1. The molecule has 0 aliphatic carbocycles. The normalized spacial score (nSPS) is 16.0. The monoisotopic (exact) mass is 422 g/mol. The van der Waals surface area contributed by atoms with Gasteiger partial charge < -0.3 is 29.6 Å². The highest BCUT2D eigenvalue weighted by molar-refractivity contribution is 5.93. The van der Waals surface area contributed by atoms with Gasteiger partial charge in [-0.15, -0.1) is 0 Å². The molecule has 2 rings (SSSR count). The average molecular weight is 422 g/mol. The maximum atomic E-state index is 12.6. The maximum Gasteiger partial charge on any atom is 0.338 e. The number of amides is 2. The number of likely N-dealkylation sites (tertiary alicyclic amines) is 1. The van der Waals surface area contributed by atoms with Crippen molar-refractivity contribution in [2.24, 2.45) is 5.73 Å². The van der Waals surface area contributed by atoms with E-state index in [-0.39, 0.29) is 5.56 Å². The van der Waals surface area contributed by atoms with Crippen LogP contribution in [-0.4, -0.2) is 61.7 Å². The van der Waals surface area contributed by atoms with Crippen molar-refractivity contribution in [2.45, 2.75) is 46.1 Å². The first kappa shape index (κ1) is 23.3. The average Bonchev–Trinajstić information content (AvgIpc) is 2.74. The highest BCUT2D eigenvalue weighted by atomic mass is 16.5. The summed E-state index contributed by atoms with van der Waals surface area (Å²) in [6, 6.07) is 2.33. The fourth-order valence-corrected chi connectivity index (χ4v) is 3.33. The Bertz CT molecular complexity index is 739. The van der Waals surface area contributed by atoms with Gasteiger partial charge >= 0.3 is 5.97 Å². The van der Waals surface area contributed by atoms with Crippen molar-refractivity contribution in [1.29, 1.82) is 0 Å². The summed E-state index contributed by atoms with van der Waals surface area (Å²) in [6.45, 7) is 6.52. The van der Waals surface area contributed by atoms with Gasteiger partial charge in [0, 0.05) is 6.54 Å². The quantitative estimate of drug-likeness (QED) is 0.572. The summed E-state index contributed by atoms with van der Waals surface area (Å²) in [6.07, 6.45) is 2.12. The van der Waals surface area contributed by atoms with Crippen LogP contribution in [0.5, 0.6) is 17.2 Å². The van der Waals surface area contributed by atoms with Crippen molar-refractivity contribution in [3.8, 4) is 17.2 Å². The molecule has 2 N–H and O–H groups in total. The molecule has 0 unspecified atom stereocenters. The lowest BCUT2D eigenvalue weighted by atomic mass is 10.0. The molecule has 2 amide bonds. The number of carbonyl (C=O) groups excluding carboxylic acids is 3. The van der Waals surface area contributed by atoms with E-state index in [2.05, 4.69) is 0 Å². The molecule has 1 aliphatic heterocycles. The predicted molar refractivity (Wildman–Crippen MR) is 109 cm³/mol. The number of esters is 1. The number of primary amides is 1. The first-order valence-corrected chi connectivity index (χ1v) is 10.2. The van der Waals surface area contributed by atoms with Crippen LogP contribution in [0.4, 0.5) is 0 Å². The summed E-state index contributed by atoms with van der Waals surface area (Å²) in [5.74, 6) is -0.592. The van der Waals surface area contributed by atoms with Gasteiger partial charge in [0.2, 0.25) is 11.7 Å². The number of carbonyl (C=O) groups is 3. The van der Waals surface area contributed by atoms with Gasteiger partial charge in [-0.2, -0.15) is 0 Å². The Morgan fingerprint density at radius 2 is 1.60 bits per heavy atom. The Morgan fingerprint density at radius 3 is 2.13 bits per heavy atom. The van der Waals surface area contributed by atoms with Crippen LogP contribution in [0.25, 0.3) is 0 Å². The van der Waals surface area contributed by atoms with Gasteiger partial charge in [-0.25, -0.2) is 4.79 Å². The van der Waals surface area contributed by atoms with E-state index in [1.165, 1.54) is 17.0 Å². The van der Waals surface area contributed by atoms with E-state index in [4.69, 9.17) is 24.7 Å². The summed E-state index contributed by atoms with van der Waals surface area (Å²) < 4.78 is 22.0. The van der Waals surface area contributed by atoms with Crippen molar-refractivity contribution >= 4 is 17.8 Å². The van der Waals surface area contributed by atoms with Gasteiger partial charge in [0.15, 0.2) is 18.1 Å². The second-order valence-corrected chi connectivity index (χ2v) is 6.68. The Kier molecular flexibility index (Phi) is 8.76. The largest absolute Gasteiger partial charge is 0.490 e. The second-order valence-electron chi connectivity index (χ2n) is 6.68. The molecule has 9 heteroatoms. The van der Waals surface area contributed by atoms with Crippen LogP contribution in [0.3, 0.4) is 0 Å². The van der Waals surface area contributed by atoms with Crippen LogP contribution in [-0.2, 0) is 14.3 Å². The summed E-state index contributed by atoms with van der Waals surface area (Å²) >= 11 is 0. The Labute approximate surface area is 176 Å². The van der Waals surface area contributed by atoms with E-state index in [0.717, 1.165) is 12.8 Å². The predicted octanol–water partition coefficient (Wildman–Crippen LogP) is 1.91. The minimum atomic E-state index is -0.707. The Hall–Kier alpha value is -2.97. The third-order valence-electron chi connectivity index (χ3n) is 4.62. The van der Waals surface area contributed by atoms with Crippen molar-refractivity contribution in [3.63, 3.8) is 0 Å². The number of nitrogens with two attached hydrogens (primary N) is 1. The molecule has 0 spiro atoms. The van der Waals surface area contributed by atoms with E-state index >= 15 is 0 Å². The first-order valence-electron chi connectivity index (χ1n) is 10.2. The SMILES string of the molecule is CCOc1cc(C(=O)OCC(=O)N2CCCC[C@H]2C(N)=O)cc(OCC)c1OCC. The number of benzene rings is 1. The molecule has 1 fully saturated rings. The lowest BCUT2D eigenvalue weighted by molar-refractivity contribution is -0.143. The highest BCUT2D eigenvalue weighted by Gasteiger charge is 2.31. The van der Waals surface area contributed by atoms with Gasteiger partial charge in [0.25, 0.3) is 5.91 Å². The Balaban J connectivity index is 2.15. The van der Waals surface area contributed by atoms with E-state index in [1.807, 2.05) is 20.8 Å². The molecule has 0 radical (unpaired) electrons. The lowest BCUT2D eigenvalue weighted by Gasteiger charge is -2.33. The van der Waals surface area contributed by atoms with Gasteiger partial charge in [0.1, 0.15) is 6.04 Å². The topological polar surface area (TPSA) is 117 Å². The van der Waals surface area contributed by atoms with E-state index < -0.39 is 30.4 Å². The van der Waals surface area contributed by atoms with Crippen molar-refractivity contribution in [3.05, 3.63) is 17.7 Å². The molecule has 1 aromatic carbocycles. The maximum absolute atomic E-state index is 12.6. The van der Waals surface area contributed by atoms with Crippen molar-refractivity contribution in [2.75, 3.05) is 33.0 Å². The molecule has 0 aromatic heterocycles. The fourth-order valence-electron chi connectivity index (χ4n) is 3.33. The molecule has 9 nitrogen and oxygen atoms in total. The van der Waals surface area contributed by atoms with Crippen LogP contribution in [0.2, 0.25) is 0 Å². The summed E-state index contributed by atoms with van der Waals surface area (Å²) in [7, 11) is 0. The minimum absolute atomic E-state index is 0.170. The fraction of sp³-hybridized carbons (Fsp3) is 0.571. The molecule has 1 aromatic rings. The molecular formula is C21H30N2O7. The van der Waals surface area contributed by atoms with Gasteiger partial charge in [-0.05, 0) is 52.2 Å². The molecule has 1 saturated heterocycles. The van der Waals surface area contributed by atoms with Crippen LogP contribution in [0, 0.1) is 0 Å². The zero-order valence-corrected chi connectivity index (χ0v) is 17.8. The molecule has 166 valence electrons. The molecule has 1 atom stereocenters. The minimum Gasteiger partial charge on any atom is -0.490 e. The summed E-state index contributed by atoms with van der Waals surface area (Å²) in [4.78, 5) is 38.1. The van der Waals surface area contributed by atoms with Crippen LogP contribution in [0.1, 0.15) is 50.4 Å². The van der Waals surface area contributed by atoms with Crippen molar-refractivity contribution in [1.82, 2.24) is 4.90 Å². The van der Waals surface area contributed by atoms with E-state index in [9.17, 15) is 14.4 Å². The second kappa shape index (κ2) is 11.3. The van der Waals surface area contributed by atoms with Gasteiger partial charge in [0.05, 0.1) is 25.4 Å². The first-order chi connectivity index (χ1) is 14.4. The standard InChI is InChI=1S/C21H30N2O7/c1-4-27-16-11-14(12-17(28-5-2)19(16)29-6-3)21(26)30-13-18(24)23-10-8-7-9-15(23)20(22)25/h11-12,15H,4-10,13H2,1-3H3,(H2,22,25)/t15-/m0/s1. The number of hydrogen-bond donors (Lipinski definition) is 1. The number of nitrogens with zero attached hydrogens (tertiary/aromatic N) is 1. The van der Waals surface area contributed by atoms with E-state index in [0.29, 0.717) is 50.0 Å². The van der Waals surface area contributed by atoms with Gasteiger partial charge in [-0.3, -0.25) is 9.59 Å². The molecular weight excluding hydrogens is 392 g/mol. The van der Waals surface area contributed by atoms with Crippen LogP contribution >= 0.6 is 0 Å². The number of hydrogen-bond acceptors (Lipinski definition) is 7. The lowest BCUT2D eigenvalue weighted by Crippen LogP contribution is -2.51. The zero-order chi connectivity index (χ0) is 22.1. The van der Waals surface area contributed by atoms with E-state index in [1.54, 1.807) is 0 Å². The summed E-state index contributed by atoms with van der Waals surface area (Å²) in [5, 5.41) is 0. The molecule has 0 saturated carbocycles. The molecule has 0 bridgehead atoms. The number of ether oxygens (including phenoxy) is 4. The molecule has 30 heavy (non-hydrogen) atoms. The zero-order valence-electron chi connectivity index (χ0n) is 17.8. The third-order valence-corrected chi connectivity index (χ3v) is 4.62. The number of rotatable bonds is 10. The van der Waals surface area contributed by atoms with Crippen LogP contribution < -0.4 is 19.9 Å². The van der Waals surface area contributed by atoms with Gasteiger partial charge in [-0.1, -0.05) is 0 Å².